The summed E-state index contributed by atoms with van der Waals surface area (Å²) < 4.78 is 0. The molecular weight excluding hydrogens is 186 g/mol. The second kappa shape index (κ2) is 5.39. The molecule has 0 fully saturated rings. The molecule has 3 heteroatoms. The molecule has 1 aromatic heterocycles. The highest BCUT2D eigenvalue weighted by atomic mass is 15.0. The van der Waals surface area contributed by atoms with Crippen LogP contribution >= 0.6 is 0 Å². The Labute approximate surface area is 91.0 Å². The third kappa shape index (κ3) is 2.72. The summed E-state index contributed by atoms with van der Waals surface area (Å²) in [5, 5.41) is 0. The quantitative estimate of drug-likeness (QED) is 0.649. The lowest BCUT2D eigenvalue weighted by atomic mass is 10.2. The molecule has 0 N–H and O–H groups in total. The molecule has 2 heterocycles. The van der Waals surface area contributed by atoms with Crippen LogP contribution in [0.15, 0.2) is 11.1 Å². The van der Waals surface area contributed by atoms with Crippen molar-refractivity contribution in [3.63, 3.8) is 0 Å². The van der Waals surface area contributed by atoms with Crippen molar-refractivity contribution < 1.29 is 0 Å². The van der Waals surface area contributed by atoms with Crippen LogP contribution < -0.4 is 0 Å². The molecule has 1 aromatic rings. The van der Waals surface area contributed by atoms with E-state index in [0.717, 1.165) is 29.3 Å². The van der Waals surface area contributed by atoms with Crippen LogP contribution in [0.5, 0.6) is 0 Å². The predicted octanol–water partition coefficient (Wildman–Crippen LogP) is 3.24. The molecule has 0 spiro atoms. The maximum Gasteiger partial charge on any atom is 0.162 e. The van der Waals surface area contributed by atoms with Crippen LogP contribution in [0.3, 0.4) is 0 Å². The van der Waals surface area contributed by atoms with Crippen molar-refractivity contribution in [2.75, 3.05) is 0 Å². The zero-order valence-electron chi connectivity index (χ0n) is 9.78. The van der Waals surface area contributed by atoms with E-state index in [1.54, 1.807) is 0 Å². The van der Waals surface area contributed by atoms with Gasteiger partial charge in [-0.1, -0.05) is 26.0 Å². The monoisotopic (exact) mass is 203 g/mol. The summed E-state index contributed by atoms with van der Waals surface area (Å²) in [6, 6.07) is 0. The van der Waals surface area contributed by atoms with Gasteiger partial charge in [-0.05, 0) is 13.8 Å². The number of hydrogen-bond acceptors (Lipinski definition) is 3. The van der Waals surface area contributed by atoms with Gasteiger partial charge in [0.25, 0.3) is 0 Å². The summed E-state index contributed by atoms with van der Waals surface area (Å²) in [6.07, 6.45) is 6.85. The van der Waals surface area contributed by atoms with Gasteiger partial charge in [0.05, 0.1) is 5.69 Å². The van der Waals surface area contributed by atoms with Gasteiger partial charge in [0.15, 0.2) is 5.82 Å². The molecular formula is C12H17N3. The number of fused-ring (bicyclic) bond motifs is 1. The van der Waals surface area contributed by atoms with Gasteiger partial charge >= 0.3 is 0 Å². The SMILES string of the molecule is CC.Cc1nc(C)c2c(n1)N=CCC=C2. The standard InChI is InChI=1S/C10H11N3.C2H6/c1-7-9-5-3-4-6-11-10(9)13-8(2)12-7;1-2/h3,5-6H,4H2,1-2H3;1-2H3. The van der Waals surface area contributed by atoms with Gasteiger partial charge in [0.2, 0.25) is 0 Å². The topological polar surface area (TPSA) is 38.1 Å². The minimum absolute atomic E-state index is 0.781. The maximum absolute atomic E-state index is 4.29. The fraction of sp³-hybridized carbons (Fsp3) is 0.417. The van der Waals surface area contributed by atoms with E-state index < -0.39 is 0 Å². The van der Waals surface area contributed by atoms with Gasteiger partial charge in [0.1, 0.15) is 5.82 Å². The van der Waals surface area contributed by atoms with Crippen molar-refractivity contribution in [3.8, 4) is 0 Å². The van der Waals surface area contributed by atoms with E-state index in [4.69, 9.17) is 0 Å². The average Bonchev–Trinajstić information content (AvgIpc) is 2.46. The number of aliphatic imine (C=N–C) groups is 1. The van der Waals surface area contributed by atoms with E-state index in [-0.39, 0.29) is 0 Å². The van der Waals surface area contributed by atoms with Crippen molar-refractivity contribution in [2.45, 2.75) is 34.1 Å². The number of rotatable bonds is 0. The molecule has 0 saturated carbocycles. The van der Waals surface area contributed by atoms with E-state index in [1.165, 1.54) is 0 Å². The van der Waals surface area contributed by atoms with Crippen molar-refractivity contribution in [2.24, 2.45) is 4.99 Å². The van der Waals surface area contributed by atoms with E-state index in [0.29, 0.717) is 0 Å². The highest BCUT2D eigenvalue weighted by molar-refractivity contribution is 5.74. The van der Waals surface area contributed by atoms with Gasteiger partial charge in [0, 0.05) is 18.2 Å². The number of allylic oxidation sites excluding steroid dienone is 1. The highest BCUT2D eigenvalue weighted by Crippen LogP contribution is 2.22. The molecule has 0 aliphatic carbocycles. The summed E-state index contributed by atoms with van der Waals surface area (Å²) >= 11 is 0. The minimum Gasteiger partial charge on any atom is -0.241 e. The Morgan fingerprint density at radius 2 is 1.87 bits per heavy atom. The van der Waals surface area contributed by atoms with Crippen LogP contribution in [-0.2, 0) is 0 Å². The number of nitrogens with zero attached hydrogens (tertiary/aromatic N) is 3. The fourth-order valence-electron chi connectivity index (χ4n) is 1.38. The molecule has 0 saturated heterocycles. The first-order valence-corrected chi connectivity index (χ1v) is 5.31. The Hall–Kier alpha value is -1.51. The van der Waals surface area contributed by atoms with E-state index in [1.807, 2.05) is 40.0 Å². The largest absolute Gasteiger partial charge is 0.241 e. The van der Waals surface area contributed by atoms with Gasteiger partial charge in [-0.3, -0.25) is 0 Å². The first kappa shape index (κ1) is 11.6. The van der Waals surface area contributed by atoms with Gasteiger partial charge in [-0.2, -0.15) is 0 Å². The zero-order chi connectivity index (χ0) is 11.3. The van der Waals surface area contributed by atoms with Crippen LogP contribution in [0.25, 0.3) is 6.08 Å². The smallest absolute Gasteiger partial charge is 0.162 e. The third-order valence-corrected chi connectivity index (χ3v) is 1.97. The van der Waals surface area contributed by atoms with Gasteiger partial charge < -0.3 is 0 Å². The lowest BCUT2D eigenvalue weighted by molar-refractivity contribution is 1.00. The van der Waals surface area contributed by atoms with Crippen LogP contribution in [0.2, 0.25) is 0 Å². The van der Waals surface area contributed by atoms with Crippen molar-refractivity contribution in [1.29, 1.82) is 0 Å². The molecule has 15 heavy (non-hydrogen) atoms. The highest BCUT2D eigenvalue weighted by Gasteiger charge is 2.06. The second-order valence-electron chi connectivity index (χ2n) is 3.04. The van der Waals surface area contributed by atoms with E-state index in [9.17, 15) is 0 Å². The Morgan fingerprint density at radius 3 is 2.60 bits per heavy atom. The van der Waals surface area contributed by atoms with Gasteiger partial charge in [-0.25, -0.2) is 15.0 Å². The lowest BCUT2D eigenvalue weighted by Gasteiger charge is -2.03. The first-order valence-electron chi connectivity index (χ1n) is 5.31. The van der Waals surface area contributed by atoms with Crippen molar-refractivity contribution in [1.82, 2.24) is 9.97 Å². The Balaban J connectivity index is 0.000000531. The van der Waals surface area contributed by atoms with Gasteiger partial charge in [-0.15, -0.1) is 0 Å². The van der Waals surface area contributed by atoms with Crippen LogP contribution in [-0.4, -0.2) is 16.2 Å². The molecule has 0 radical (unpaired) electrons. The Morgan fingerprint density at radius 1 is 1.13 bits per heavy atom. The summed E-state index contributed by atoms with van der Waals surface area (Å²) in [5.41, 5.74) is 2.04. The number of aryl methyl sites for hydroxylation is 2. The minimum atomic E-state index is 0.781. The van der Waals surface area contributed by atoms with E-state index in [2.05, 4.69) is 21.0 Å². The second-order valence-corrected chi connectivity index (χ2v) is 3.04. The molecule has 80 valence electrons. The molecule has 1 aliphatic rings. The zero-order valence-corrected chi connectivity index (χ0v) is 9.78. The molecule has 0 atom stereocenters. The lowest BCUT2D eigenvalue weighted by Crippen LogP contribution is -1.94. The first-order chi connectivity index (χ1) is 7.27. The summed E-state index contributed by atoms with van der Waals surface area (Å²) in [7, 11) is 0. The summed E-state index contributed by atoms with van der Waals surface area (Å²) in [5.74, 6) is 1.57. The van der Waals surface area contributed by atoms with Crippen LogP contribution in [0, 0.1) is 13.8 Å². The van der Waals surface area contributed by atoms with Crippen molar-refractivity contribution in [3.05, 3.63) is 23.2 Å². The molecule has 0 amide bonds. The fourth-order valence-corrected chi connectivity index (χ4v) is 1.38. The molecule has 0 aromatic carbocycles. The predicted molar refractivity (Wildman–Crippen MR) is 64.7 cm³/mol. The van der Waals surface area contributed by atoms with Crippen molar-refractivity contribution >= 4 is 18.1 Å². The molecule has 0 bridgehead atoms. The Bertz CT molecular complexity index is 392. The Kier molecular flexibility index (Phi) is 4.16. The number of aromatic nitrogens is 2. The third-order valence-electron chi connectivity index (χ3n) is 1.97. The normalized spacial score (nSPS) is 12.5. The molecule has 3 nitrogen and oxygen atoms in total. The maximum atomic E-state index is 4.29. The summed E-state index contributed by atoms with van der Waals surface area (Å²) in [4.78, 5) is 12.8. The average molecular weight is 203 g/mol. The van der Waals surface area contributed by atoms with E-state index >= 15 is 0 Å². The summed E-state index contributed by atoms with van der Waals surface area (Å²) in [6.45, 7) is 7.87. The molecule has 1 aliphatic heterocycles. The molecule has 2 rings (SSSR count). The molecule has 0 unspecified atom stereocenters. The van der Waals surface area contributed by atoms with Crippen LogP contribution in [0.1, 0.15) is 37.4 Å². The van der Waals surface area contributed by atoms with Crippen LogP contribution in [0.4, 0.5) is 5.82 Å². The number of hydrogen-bond donors (Lipinski definition) is 0.